The molecule has 2 aromatic carbocycles. The number of fused-ring (bicyclic) bond motifs is 1. The molecule has 0 bridgehead atoms. The van der Waals surface area contributed by atoms with Gasteiger partial charge in [-0.2, -0.15) is 9.97 Å². The minimum Gasteiger partial charge on any atom is -0.349 e. The van der Waals surface area contributed by atoms with Crippen LogP contribution in [0.3, 0.4) is 0 Å². The van der Waals surface area contributed by atoms with Crippen LogP contribution in [0.15, 0.2) is 54.9 Å². The molecule has 0 unspecified atom stereocenters. The van der Waals surface area contributed by atoms with Gasteiger partial charge in [-0.1, -0.05) is 24.3 Å². The quantitative estimate of drug-likeness (QED) is 0.275. The fraction of sp³-hybridized carbons (Fsp3) is 0.393. The number of anilines is 2. The molecule has 1 saturated carbocycles. The van der Waals surface area contributed by atoms with Crippen LogP contribution in [-0.4, -0.2) is 49.6 Å². The van der Waals surface area contributed by atoms with Gasteiger partial charge >= 0.3 is 0 Å². The number of hydrogen-bond acceptors (Lipinski definition) is 7. The molecule has 0 spiro atoms. The van der Waals surface area contributed by atoms with Crippen LogP contribution in [0.25, 0.3) is 11.2 Å². The lowest BCUT2D eigenvalue weighted by atomic mass is 9.93. The van der Waals surface area contributed by atoms with Crippen molar-refractivity contribution >= 4 is 22.9 Å². The van der Waals surface area contributed by atoms with Crippen molar-refractivity contribution in [1.29, 1.82) is 0 Å². The minimum atomic E-state index is -0.281. The van der Waals surface area contributed by atoms with Crippen molar-refractivity contribution in [2.45, 2.75) is 51.4 Å². The van der Waals surface area contributed by atoms with E-state index in [1.807, 2.05) is 30.6 Å². The van der Waals surface area contributed by atoms with Crippen LogP contribution in [0.2, 0.25) is 0 Å². The third-order valence-corrected chi connectivity index (χ3v) is 7.74. The van der Waals surface area contributed by atoms with Gasteiger partial charge in [0.15, 0.2) is 17.0 Å². The molecule has 2 fully saturated rings. The van der Waals surface area contributed by atoms with Crippen LogP contribution in [0.4, 0.5) is 20.5 Å². The van der Waals surface area contributed by atoms with Crippen LogP contribution >= 0.6 is 0 Å². The van der Waals surface area contributed by atoms with E-state index >= 15 is 0 Å². The van der Waals surface area contributed by atoms with Gasteiger partial charge in [-0.3, -0.25) is 10.3 Å². The monoisotopic (exact) mass is 518 g/mol. The molecule has 1 aliphatic carbocycles. The van der Waals surface area contributed by atoms with Crippen molar-refractivity contribution in [3.63, 3.8) is 0 Å². The van der Waals surface area contributed by atoms with Gasteiger partial charge in [-0.05, 0) is 68.0 Å². The fourth-order valence-electron chi connectivity index (χ4n) is 5.58. The van der Waals surface area contributed by atoms with E-state index in [-0.39, 0.29) is 29.8 Å². The summed E-state index contributed by atoms with van der Waals surface area (Å²) in [4.78, 5) is 18.8. The Morgan fingerprint density at radius 2 is 1.55 bits per heavy atom. The average Bonchev–Trinajstić information content (AvgIpc) is 3.65. The molecule has 3 N–H and O–H groups in total. The highest BCUT2D eigenvalue weighted by atomic mass is 19.1. The molecule has 2 atom stereocenters. The standard InChI is InChI=1S/C28H32F2N8/c1-17-14-38(27-24-26(33-28(34-27)35-31)36(16-32-24)15-19-3-4-19)18(2)13-37(17)25(20-5-9-22(29)10-6-20)21-7-11-23(30)12-8-21/h5-12,16-19,25H,3-4,13-15,31H2,1-2H3,(H,33,34,35)/t17-,18+/m1/s1. The first-order valence-corrected chi connectivity index (χ1v) is 13.1. The van der Waals surface area contributed by atoms with Crippen LogP contribution in [0.5, 0.6) is 0 Å². The smallest absolute Gasteiger partial charge is 0.241 e. The van der Waals surface area contributed by atoms with Gasteiger partial charge in [0, 0.05) is 31.7 Å². The van der Waals surface area contributed by atoms with Gasteiger partial charge in [0.1, 0.15) is 11.6 Å². The molecule has 0 radical (unpaired) electrons. The first-order valence-electron chi connectivity index (χ1n) is 13.1. The maximum Gasteiger partial charge on any atom is 0.241 e. The predicted molar refractivity (Wildman–Crippen MR) is 143 cm³/mol. The van der Waals surface area contributed by atoms with Crippen molar-refractivity contribution in [3.8, 4) is 0 Å². The van der Waals surface area contributed by atoms with Gasteiger partial charge < -0.3 is 9.47 Å². The molecule has 0 amide bonds. The summed E-state index contributed by atoms with van der Waals surface area (Å²) in [7, 11) is 0. The number of nitrogens with one attached hydrogen (secondary N) is 1. The van der Waals surface area contributed by atoms with E-state index in [0.717, 1.165) is 34.7 Å². The second-order valence-corrected chi connectivity index (χ2v) is 10.6. The minimum absolute atomic E-state index is 0.0758. The molecule has 3 heterocycles. The zero-order chi connectivity index (χ0) is 26.4. The number of aromatic nitrogens is 4. The number of imidazole rings is 1. The lowest BCUT2D eigenvalue weighted by molar-refractivity contribution is 0.129. The van der Waals surface area contributed by atoms with Gasteiger partial charge in [0.2, 0.25) is 5.95 Å². The first kappa shape index (κ1) is 24.7. The molecule has 1 saturated heterocycles. The number of nitrogens with two attached hydrogens (primary N) is 1. The summed E-state index contributed by atoms with van der Waals surface area (Å²) < 4.78 is 29.7. The summed E-state index contributed by atoms with van der Waals surface area (Å²) in [5.41, 5.74) is 6.11. The molecule has 6 rings (SSSR count). The lowest BCUT2D eigenvalue weighted by Gasteiger charge is -2.48. The molecular formula is C28H32F2N8. The Morgan fingerprint density at radius 1 is 0.921 bits per heavy atom. The molecule has 198 valence electrons. The van der Waals surface area contributed by atoms with Gasteiger partial charge in [-0.15, -0.1) is 0 Å². The molecule has 2 aromatic heterocycles. The summed E-state index contributed by atoms with van der Waals surface area (Å²) in [6.45, 7) is 6.63. The highest BCUT2D eigenvalue weighted by molar-refractivity contribution is 5.85. The molecule has 4 aromatic rings. The number of hydrazine groups is 1. The van der Waals surface area contributed by atoms with E-state index in [1.165, 1.54) is 37.1 Å². The molecule has 10 heteroatoms. The van der Waals surface area contributed by atoms with Crippen molar-refractivity contribution in [1.82, 2.24) is 24.4 Å². The summed E-state index contributed by atoms with van der Waals surface area (Å²) >= 11 is 0. The Kier molecular flexibility index (Phi) is 6.45. The SMILES string of the molecule is C[C@@H]1CN(c2nc(NN)nc3c2ncn3CC2CC2)[C@@H](C)CN1C(c1ccc(F)cc1)c1ccc(F)cc1. The van der Waals surface area contributed by atoms with Crippen molar-refractivity contribution in [2.24, 2.45) is 11.8 Å². The van der Waals surface area contributed by atoms with Crippen LogP contribution in [-0.2, 0) is 6.54 Å². The number of benzene rings is 2. The van der Waals surface area contributed by atoms with Crippen molar-refractivity contribution < 1.29 is 8.78 Å². The first-order chi connectivity index (χ1) is 18.4. The lowest BCUT2D eigenvalue weighted by Crippen LogP contribution is -2.57. The number of piperazine rings is 1. The Morgan fingerprint density at radius 3 is 2.13 bits per heavy atom. The Bertz CT molecular complexity index is 1370. The highest BCUT2D eigenvalue weighted by Gasteiger charge is 2.37. The van der Waals surface area contributed by atoms with Crippen molar-refractivity contribution in [2.75, 3.05) is 23.4 Å². The van der Waals surface area contributed by atoms with Crippen LogP contribution < -0.4 is 16.2 Å². The maximum absolute atomic E-state index is 13.8. The molecule has 1 aliphatic heterocycles. The number of hydrogen-bond donors (Lipinski definition) is 2. The number of rotatable bonds is 7. The van der Waals surface area contributed by atoms with E-state index in [0.29, 0.717) is 25.0 Å². The van der Waals surface area contributed by atoms with E-state index in [1.54, 1.807) is 0 Å². The zero-order valence-corrected chi connectivity index (χ0v) is 21.6. The van der Waals surface area contributed by atoms with E-state index in [2.05, 4.69) is 38.6 Å². The third kappa shape index (κ3) is 4.69. The van der Waals surface area contributed by atoms with Crippen LogP contribution in [0, 0.1) is 17.6 Å². The highest BCUT2D eigenvalue weighted by Crippen LogP contribution is 2.37. The summed E-state index contributed by atoms with van der Waals surface area (Å²) in [5.74, 6) is 7.00. The van der Waals surface area contributed by atoms with Gasteiger partial charge in [-0.25, -0.2) is 19.6 Å². The van der Waals surface area contributed by atoms with E-state index < -0.39 is 0 Å². The second-order valence-electron chi connectivity index (χ2n) is 10.6. The molecular weight excluding hydrogens is 486 g/mol. The summed E-state index contributed by atoms with van der Waals surface area (Å²) in [6.07, 6.45) is 4.32. The normalized spacial score (nSPS) is 20.4. The van der Waals surface area contributed by atoms with Gasteiger partial charge in [0.25, 0.3) is 0 Å². The summed E-state index contributed by atoms with van der Waals surface area (Å²) in [5, 5.41) is 0. The number of halogens is 2. The largest absolute Gasteiger partial charge is 0.349 e. The number of nitrogen functional groups attached to an aromatic ring is 1. The van der Waals surface area contributed by atoms with E-state index in [9.17, 15) is 8.78 Å². The van der Waals surface area contributed by atoms with Crippen LogP contribution in [0.1, 0.15) is 43.9 Å². The second kappa shape index (κ2) is 9.92. The van der Waals surface area contributed by atoms with E-state index in [4.69, 9.17) is 15.8 Å². The average molecular weight is 519 g/mol. The predicted octanol–water partition coefficient (Wildman–Crippen LogP) is 4.49. The summed E-state index contributed by atoms with van der Waals surface area (Å²) in [6, 6.07) is 13.2. The Hall–Kier alpha value is -3.63. The Labute approximate surface area is 220 Å². The maximum atomic E-state index is 13.8. The fourth-order valence-corrected chi connectivity index (χ4v) is 5.58. The molecule has 8 nitrogen and oxygen atoms in total. The van der Waals surface area contributed by atoms with Crippen molar-refractivity contribution in [3.05, 3.63) is 77.6 Å². The molecule has 2 aliphatic rings. The number of nitrogens with zero attached hydrogens (tertiary/aromatic N) is 6. The topological polar surface area (TPSA) is 88.1 Å². The molecule has 38 heavy (non-hydrogen) atoms. The third-order valence-electron chi connectivity index (χ3n) is 7.74. The van der Waals surface area contributed by atoms with Gasteiger partial charge in [0.05, 0.1) is 12.4 Å². The Balaban J connectivity index is 1.34. The zero-order valence-electron chi connectivity index (χ0n) is 21.6.